The molecule has 0 saturated carbocycles. The summed E-state index contributed by atoms with van der Waals surface area (Å²) in [6, 6.07) is 10.6. The maximum atomic E-state index is 5.86. The van der Waals surface area contributed by atoms with Gasteiger partial charge in [0.05, 0.1) is 11.9 Å². The first-order valence-corrected chi connectivity index (χ1v) is 6.35. The molecule has 4 heteroatoms. The number of nitrogens with one attached hydrogen (secondary N) is 1. The van der Waals surface area contributed by atoms with Gasteiger partial charge in [0.2, 0.25) is 0 Å². The van der Waals surface area contributed by atoms with Crippen molar-refractivity contribution < 1.29 is 0 Å². The van der Waals surface area contributed by atoms with E-state index in [1.165, 1.54) is 16.8 Å². The molecule has 1 unspecified atom stereocenters. The zero-order valence-corrected chi connectivity index (χ0v) is 10.3. The summed E-state index contributed by atoms with van der Waals surface area (Å²) in [5.74, 6) is 0.399. The summed E-state index contributed by atoms with van der Waals surface area (Å²) < 4.78 is 0. The molecule has 1 aliphatic heterocycles. The SMILES string of the molecule is NCC1CN(Cc2ccccc2)Cc2[nH]ncc21. The van der Waals surface area contributed by atoms with Crippen molar-refractivity contribution in [2.45, 2.75) is 19.0 Å². The molecule has 3 N–H and O–H groups in total. The highest BCUT2D eigenvalue weighted by Crippen LogP contribution is 2.26. The quantitative estimate of drug-likeness (QED) is 0.857. The lowest BCUT2D eigenvalue weighted by Crippen LogP contribution is -2.35. The van der Waals surface area contributed by atoms with Gasteiger partial charge in [-0.25, -0.2) is 0 Å². The summed E-state index contributed by atoms with van der Waals surface area (Å²) >= 11 is 0. The molecule has 18 heavy (non-hydrogen) atoms. The second-order valence-electron chi connectivity index (χ2n) is 4.89. The number of benzene rings is 1. The van der Waals surface area contributed by atoms with Gasteiger partial charge < -0.3 is 5.73 Å². The van der Waals surface area contributed by atoms with Gasteiger partial charge in [0, 0.05) is 32.1 Å². The van der Waals surface area contributed by atoms with Gasteiger partial charge in [0.25, 0.3) is 0 Å². The second-order valence-corrected chi connectivity index (χ2v) is 4.89. The van der Waals surface area contributed by atoms with E-state index in [0.717, 1.165) is 19.6 Å². The molecule has 94 valence electrons. The van der Waals surface area contributed by atoms with E-state index in [2.05, 4.69) is 45.4 Å². The van der Waals surface area contributed by atoms with E-state index in [9.17, 15) is 0 Å². The molecule has 0 amide bonds. The Balaban J connectivity index is 1.77. The summed E-state index contributed by atoms with van der Waals surface area (Å²) in [7, 11) is 0. The highest BCUT2D eigenvalue weighted by Gasteiger charge is 2.25. The maximum absolute atomic E-state index is 5.86. The first-order valence-electron chi connectivity index (χ1n) is 6.35. The Hall–Kier alpha value is -1.65. The van der Waals surface area contributed by atoms with E-state index >= 15 is 0 Å². The number of hydrogen-bond acceptors (Lipinski definition) is 3. The average molecular weight is 242 g/mol. The maximum Gasteiger partial charge on any atom is 0.0528 e. The molecule has 0 spiro atoms. The zero-order chi connectivity index (χ0) is 12.4. The fourth-order valence-corrected chi connectivity index (χ4v) is 2.66. The van der Waals surface area contributed by atoms with Gasteiger partial charge in [-0.2, -0.15) is 5.10 Å². The molecular weight excluding hydrogens is 224 g/mol. The monoisotopic (exact) mass is 242 g/mol. The first-order chi connectivity index (χ1) is 8.86. The second kappa shape index (κ2) is 4.92. The molecular formula is C14H18N4. The van der Waals surface area contributed by atoms with Crippen LogP contribution >= 0.6 is 0 Å². The Labute approximate surface area is 107 Å². The predicted octanol–water partition coefficient (Wildman–Crippen LogP) is 1.47. The normalized spacial score (nSPS) is 19.7. The molecule has 4 nitrogen and oxygen atoms in total. The van der Waals surface area contributed by atoms with E-state index in [0.29, 0.717) is 12.5 Å². The first kappa shape index (κ1) is 11.4. The molecule has 2 heterocycles. The van der Waals surface area contributed by atoms with E-state index < -0.39 is 0 Å². The van der Waals surface area contributed by atoms with Crippen LogP contribution in [0.5, 0.6) is 0 Å². The molecule has 0 radical (unpaired) electrons. The van der Waals surface area contributed by atoms with Crippen LogP contribution < -0.4 is 5.73 Å². The average Bonchev–Trinajstić information content (AvgIpc) is 2.87. The topological polar surface area (TPSA) is 57.9 Å². The van der Waals surface area contributed by atoms with Crippen LogP contribution in [0, 0.1) is 0 Å². The number of fused-ring (bicyclic) bond motifs is 1. The van der Waals surface area contributed by atoms with Crippen LogP contribution in [0.25, 0.3) is 0 Å². The van der Waals surface area contributed by atoms with Crippen molar-refractivity contribution in [3.8, 4) is 0 Å². The van der Waals surface area contributed by atoms with Gasteiger partial charge in [0.15, 0.2) is 0 Å². The van der Waals surface area contributed by atoms with Crippen molar-refractivity contribution in [2.24, 2.45) is 5.73 Å². The summed E-state index contributed by atoms with van der Waals surface area (Å²) in [4.78, 5) is 2.42. The van der Waals surface area contributed by atoms with Gasteiger partial charge in [-0.15, -0.1) is 0 Å². The van der Waals surface area contributed by atoms with Gasteiger partial charge in [-0.1, -0.05) is 30.3 Å². The Kier molecular flexibility index (Phi) is 3.13. The highest BCUT2D eigenvalue weighted by atomic mass is 15.2. The van der Waals surface area contributed by atoms with E-state index in [1.807, 2.05) is 6.20 Å². The lowest BCUT2D eigenvalue weighted by atomic mass is 9.95. The molecule has 3 rings (SSSR count). The lowest BCUT2D eigenvalue weighted by Gasteiger charge is -2.31. The number of aromatic amines is 1. The van der Waals surface area contributed by atoms with Crippen molar-refractivity contribution in [2.75, 3.05) is 13.1 Å². The third-order valence-corrected chi connectivity index (χ3v) is 3.59. The fraction of sp³-hybridized carbons (Fsp3) is 0.357. The van der Waals surface area contributed by atoms with Crippen LogP contribution in [-0.2, 0) is 13.1 Å². The van der Waals surface area contributed by atoms with Crippen LogP contribution in [0.3, 0.4) is 0 Å². The van der Waals surface area contributed by atoms with Crippen LogP contribution in [0.4, 0.5) is 0 Å². The van der Waals surface area contributed by atoms with Crippen molar-refractivity contribution in [3.05, 3.63) is 53.3 Å². The molecule has 1 aliphatic rings. The Morgan fingerprint density at radius 2 is 2.17 bits per heavy atom. The number of aromatic nitrogens is 2. The molecule has 0 bridgehead atoms. The summed E-state index contributed by atoms with van der Waals surface area (Å²) in [6.45, 7) is 3.59. The molecule has 1 aromatic heterocycles. The molecule has 0 saturated heterocycles. The summed E-state index contributed by atoms with van der Waals surface area (Å²) in [5.41, 5.74) is 9.72. The Morgan fingerprint density at radius 3 is 2.94 bits per heavy atom. The molecule has 1 atom stereocenters. The minimum Gasteiger partial charge on any atom is -0.330 e. The van der Waals surface area contributed by atoms with Gasteiger partial charge in [-0.3, -0.25) is 10.00 Å². The predicted molar refractivity (Wildman–Crippen MR) is 70.9 cm³/mol. The van der Waals surface area contributed by atoms with Crippen LogP contribution in [0.1, 0.15) is 22.7 Å². The van der Waals surface area contributed by atoms with Crippen LogP contribution in [0.2, 0.25) is 0 Å². The van der Waals surface area contributed by atoms with E-state index in [-0.39, 0.29) is 0 Å². The van der Waals surface area contributed by atoms with Gasteiger partial charge in [0.1, 0.15) is 0 Å². The van der Waals surface area contributed by atoms with E-state index in [1.54, 1.807) is 0 Å². The van der Waals surface area contributed by atoms with Crippen molar-refractivity contribution in [1.29, 1.82) is 0 Å². The number of H-pyrrole nitrogens is 1. The molecule has 0 aliphatic carbocycles. The van der Waals surface area contributed by atoms with Crippen LogP contribution in [0.15, 0.2) is 36.5 Å². The van der Waals surface area contributed by atoms with Gasteiger partial charge >= 0.3 is 0 Å². The van der Waals surface area contributed by atoms with Crippen molar-refractivity contribution in [3.63, 3.8) is 0 Å². The van der Waals surface area contributed by atoms with Crippen molar-refractivity contribution in [1.82, 2.24) is 15.1 Å². The summed E-state index contributed by atoms with van der Waals surface area (Å²) in [6.07, 6.45) is 1.92. The number of nitrogens with two attached hydrogens (primary N) is 1. The van der Waals surface area contributed by atoms with Crippen molar-refractivity contribution >= 4 is 0 Å². The standard InChI is InChI=1S/C14H18N4/c15-6-12-9-18(8-11-4-2-1-3-5-11)10-14-13(12)7-16-17-14/h1-5,7,12H,6,8-10,15H2,(H,16,17). The third-order valence-electron chi connectivity index (χ3n) is 3.59. The minimum absolute atomic E-state index is 0.399. The lowest BCUT2D eigenvalue weighted by molar-refractivity contribution is 0.220. The largest absolute Gasteiger partial charge is 0.330 e. The fourth-order valence-electron chi connectivity index (χ4n) is 2.66. The Morgan fingerprint density at radius 1 is 1.33 bits per heavy atom. The highest BCUT2D eigenvalue weighted by molar-refractivity contribution is 5.25. The molecule has 2 aromatic rings. The molecule has 0 fully saturated rings. The molecule has 1 aromatic carbocycles. The zero-order valence-electron chi connectivity index (χ0n) is 10.3. The number of nitrogens with zero attached hydrogens (tertiary/aromatic N) is 2. The smallest absolute Gasteiger partial charge is 0.0528 e. The van der Waals surface area contributed by atoms with Crippen LogP contribution in [-0.4, -0.2) is 28.2 Å². The number of hydrogen-bond donors (Lipinski definition) is 2. The minimum atomic E-state index is 0.399. The third kappa shape index (κ3) is 2.17. The summed E-state index contributed by atoms with van der Waals surface area (Å²) in [5, 5.41) is 7.23. The van der Waals surface area contributed by atoms with Gasteiger partial charge in [-0.05, 0) is 11.1 Å². The number of rotatable bonds is 3. The van der Waals surface area contributed by atoms with E-state index in [4.69, 9.17) is 5.73 Å². The Bertz CT molecular complexity index is 506.